The molecule has 1 N–H and O–H groups in total. The second kappa shape index (κ2) is 8.63. The third-order valence-corrected chi connectivity index (χ3v) is 5.84. The molecule has 1 atom stereocenters. The monoisotopic (exact) mass is 446 g/mol. The zero-order valence-electron chi connectivity index (χ0n) is 16.1. The number of anilines is 1. The number of rotatable bonds is 7. The standard InChI is InChI=1S/C21H20Cl2N4O3/c1-13-8-14(11-30-7-4-19(28)29)27(10-13)18-9-17(26-6-5-24-12-26)15-2-3-16(22)20(23)21(15)25-18/h2-3,5-6,9,12,14H,1,4,7-8,10-11H2,(H,28,29)/t14-/m0/s1. The Labute approximate surface area is 183 Å². The van der Waals surface area contributed by atoms with E-state index in [-0.39, 0.29) is 19.1 Å². The van der Waals surface area contributed by atoms with Gasteiger partial charge < -0.3 is 19.3 Å². The molecule has 1 fully saturated rings. The van der Waals surface area contributed by atoms with E-state index in [1.165, 1.54) is 0 Å². The van der Waals surface area contributed by atoms with Gasteiger partial charge in [0.25, 0.3) is 0 Å². The largest absolute Gasteiger partial charge is 0.481 e. The third kappa shape index (κ3) is 4.14. The molecule has 7 nitrogen and oxygen atoms in total. The summed E-state index contributed by atoms with van der Waals surface area (Å²) in [5.41, 5.74) is 2.55. The molecule has 0 radical (unpaired) electrons. The fraction of sp³-hybridized carbons (Fsp3) is 0.286. The maximum atomic E-state index is 10.7. The minimum Gasteiger partial charge on any atom is -0.481 e. The Morgan fingerprint density at radius 3 is 2.93 bits per heavy atom. The van der Waals surface area contributed by atoms with Gasteiger partial charge in [0.2, 0.25) is 0 Å². The molecule has 0 unspecified atom stereocenters. The average Bonchev–Trinajstić information content (AvgIpc) is 3.37. The maximum Gasteiger partial charge on any atom is 0.305 e. The second-order valence-electron chi connectivity index (χ2n) is 7.18. The van der Waals surface area contributed by atoms with Gasteiger partial charge in [0.05, 0.1) is 53.3 Å². The fourth-order valence-electron chi connectivity index (χ4n) is 3.64. The Kier molecular flexibility index (Phi) is 5.94. The number of pyridine rings is 1. The van der Waals surface area contributed by atoms with Crippen LogP contribution in [0.5, 0.6) is 0 Å². The highest BCUT2D eigenvalue weighted by atomic mass is 35.5. The number of aliphatic carboxylic acids is 1. The molecule has 1 aliphatic rings. The van der Waals surface area contributed by atoms with Gasteiger partial charge in [-0.15, -0.1) is 0 Å². The van der Waals surface area contributed by atoms with Crippen LogP contribution < -0.4 is 4.90 Å². The number of carboxylic acids is 1. The molecule has 0 spiro atoms. The first-order valence-corrected chi connectivity index (χ1v) is 10.2. The number of carbonyl (C=O) groups is 1. The number of hydrogen-bond donors (Lipinski definition) is 1. The molecule has 1 aromatic carbocycles. The zero-order chi connectivity index (χ0) is 21.3. The van der Waals surface area contributed by atoms with Gasteiger partial charge in [-0.05, 0) is 18.6 Å². The van der Waals surface area contributed by atoms with Crippen molar-refractivity contribution in [2.24, 2.45) is 0 Å². The number of carboxylic acid groups (broad SMARTS) is 1. The molecule has 1 saturated heterocycles. The van der Waals surface area contributed by atoms with Crippen molar-refractivity contribution in [3.05, 3.63) is 59.1 Å². The van der Waals surface area contributed by atoms with E-state index in [1.54, 1.807) is 18.6 Å². The van der Waals surface area contributed by atoms with Gasteiger partial charge >= 0.3 is 5.97 Å². The van der Waals surface area contributed by atoms with Crippen molar-refractivity contribution < 1.29 is 14.6 Å². The van der Waals surface area contributed by atoms with Crippen molar-refractivity contribution in [1.82, 2.24) is 14.5 Å². The van der Waals surface area contributed by atoms with Gasteiger partial charge in [-0.2, -0.15) is 0 Å². The van der Waals surface area contributed by atoms with Crippen molar-refractivity contribution in [3.8, 4) is 5.69 Å². The van der Waals surface area contributed by atoms with E-state index in [4.69, 9.17) is 38.0 Å². The van der Waals surface area contributed by atoms with Crippen LogP contribution in [-0.2, 0) is 9.53 Å². The molecule has 30 heavy (non-hydrogen) atoms. The molecule has 0 bridgehead atoms. The number of ether oxygens (including phenoxy) is 1. The first-order chi connectivity index (χ1) is 14.4. The summed E-state index contributed by atoms with van der Waals surface area (Å²) in [6.45, 7) is 5.30. The van der Waals surface area contributed by atoms with Crippen molar-refractivity contribution in [2.75, 3.05) is 24.7 Å². The predicted molar refractivity (Wildman–Crippen MR) is 117 cm³/mol. The van der Waals surface area contributed by atoms with Crippen molar-refractivity contribution in [2.45, 2.75) is 18.9 Å². The third-order valence-electron chi connectivity index (χ3n) is 5.04. The van der Waals surface area contributed by atoms with Crippen LogP contribution in [-0.4, -0.2) is 51.4 Å². The first-order valence-electron chi connectivity index (χ1n) is 9.44. The number of halogens is 2. The van der Waals surface area contributed by atoms with Crippen LogP contribution in [0.3, 0.4) is 0 Å². The average molecular weight is 447 g/mol. The summed E-state index contributed by atoms with van der Waals surface area (Å²) in [5.74, 6) is -0.156. The molecule has 156 valence electrons. The lowest BCUT2D eigenvalue weighted by molar-refractivity contribution is -0.138. The van der Waals surface area contributed by atoms with E-state index >= 15 is 0 Å². The molecule has 4 rings (SSSR count). The Bertz CT molecular complexity index is 1100. The number of hydrogen-bond acceptors (Lipinski definition) is 5. The van der Waals surface area contributed by atoms with Gasteiger partial charge in [0, 0.05) is 30.4 Å². The minimum atomic E-state index is -0.879. The maximum absolute atomic E-state index is 10.7. The lowest BCUT2D eigenvalue weighted by Gasteiger charge is -2.26. The Balaban J connectivity index is 1.73. The summed E-state index contributed by atoms with van der Waals surface area (Å²) in [4.78, 5) is 21.8. The highest BCUT2D eigenvalue weighted by Crippen LogP contribution is 2.36. The Morgan fingerprint density at radius 1 is 1.37 bits per heavy atom. The first kappa shape index (κ1) is 20.7. The zero-order valence-corrected chi connectivity index (χ0v) is 17.6. The van der Waals surface area contributed by atoms with E-state index in [0.29, 0.717) is 28.7 Å². The number of fused-ring (bicyclic) bond motifs is 1. The summed E-state index contributed by atoms with van der Waals surface area (Å²) < 4.78 is 7.51. The van der Waals surface area contributed by atoms with Crippen LogP contribution in [0, 0.1) is 0 Å². The van der Waals surface area contributed by atoms with E-state index < -0.39 is 5.97 Å². The summed E-state index contributed by atoms with van der Waals surface area (Å²) in [6, 6.07) is 5.64. The molecule has 1 aliphatic heterocycles. The van der Waals surface area contributed by atoms with Crippen LogP contribution in [0.15, 0.2) is 49.1 Å². The van der Waals surface area contributed by atoms with Crippen LogP contribution in [0.4, 0.5) is 5.82 Å². The summed E-state index contributed by atoms with van der Waals surface area (Å²) in [7, 11) is 0. The highest BCUT2D eigenvalue weighted by molar-refractivity contribution is 6.45. The molecular weight excluding hydrogens is 427 g/mol. The van der Waals surface area contributed by atoms with Crippen LogP contribution in [0.1, 0.15) is 12.8 Å². The quantitative estimate of drug-likeness (QED) is 0.429. The molecule has 2 aromatic heterocycles. The Morgan fingerprint density at radius 2 is 2.20 bits per heavy atom. The lowest BCUT2D eigenvalue weighted by Crippen LogP contribution is -2.34. The van der Waals surface area contributed by atoms with E-state index in [9.17, 15) is 4.79 Å². The fourth-order valence-corrected chi connectivity index (χ4v) is 4.00. The minimum absolute atomic E-state index is 0.00448. The second-order valence-corrected chi connectivity index (χ2v) is 7.97. The molecule has 0 amide bonds. The number of imidazole rings is 1. The molecular formula is C21H20Cl2N4O3. The van der Waals surface area contributed by atoms with Gasteiger partial charge in [-0.1, -0.05) is 35.4 Å². The number of benzene rings is 1. The molecule has 3 aromatic rings. The smallest absolute Gasteiger partial charge is 0.305 e. The van der Waals surface area contributed by atoms with E-state index in [0.717, 1.165) is 28.9 Å². The summed E-state index contributed by atoms with van der Waals surface area (Å²) >= 11 is 12.8. The summed E-state index contributed by atoms with van der Waals surface area (Å²) in [6.07, 6.45) is 6.00. The van der Waals surface area contributed by atoms with Crippen molar-refractivity contribution in [3.63, 3.8) is 0 Å². The lowest BCUT2D eigenvalue weighted by atomic mass is 10.1. The number of aromatic nitrogens is 3. The van der Waals surface area contributed by atoms with Gasteiger partial charge in [-0.25, -0.2) is 9.97 Å². The van der Waals surface area contributed by atoms with Gasteiger partial charge in [-0.3, -0.25) is 4.79 Å². The van der Waals surface area contributed by atoms with Gasteiger partial charge in [0.15, 0.2) is 0 Å². The van der Waals surface area contributed by atoms with E-state index in [2.05, 4.69) is 16.5 Å². The Hall–Kier alpha value is -2.61. The molecule has 0 saturated carbocycles. The number of nitrogens with zero attached hydrogens (tertiary/aromatic N) is 4. The van der Waals surface area contributed by atoms with Crippen LogP contribution in [0.2, 0.25) is 10.0 Å². The molecule has 0 aliphatic carbocycles. The molecule has 9 heteroatoms. The topological polar surface area (TPSA) is 80.5 Å². The van der Waals surface area contributed by atoms with Crippen molar-refractivity contribution in [1.29, 1.82) is 0 Å². The van der Waals surface area contributed by atoms with Crippen LogP contribution in [0.25, 0.3) is 16.6 Å². The SMILES string of the molecule is C=C1C[C@@H](COCCC(=O)O)N(c2cc(-n3ccnc3)c3ccc(Cl)c(Cl)c3n2)C1. The highest BCUT2D eigenvalue weighted by Gasteiger charge is 2.29. The van der Waals surface area contributed by atoms with Crippen LogP contribution >= 0.6 is 23.2 Å². The molecule has 3 heterocycles. The predicted octanol–water partition coefficient (Wildman–Crippen LogP) is 4.35. The summed E-state index contributed by atoms with van der Waals surface area (Å²) in [5, 5.41) is 10.5. The van der Waals surface area contributed by atoms with Crippen molar-refractivity contribution >= 4 is 45.9 Å². The van der Waals surface area contributed by atoms with E-state index in [1.807, 2.05) is 22.9 Å². The normalized spacial score (nSPS) is 16.5. The van der Waals surface area contributed by atoms with Gasteiger partial charge in [0.1, 0.15) is 5.82 Å².